The van der Waals surface area contributed by atoms with Crippen LogP contribution in [0.1, 0.15) is 19.8 Å². The van der Waals surface area contributed by atoms with Gasteiger partial charge in [0.2, 0.25) is 0 Å². The lowest BCUT2D eigenvalue weighted by Gasteiger charge is -2.14. The Morgan fingerprint density at radius 1 is 1.61 bits per heavy atom. The molecule has 1 unspecified atom stereocenters. The largest absolute Gasteiger partial charge is 0.397 e. The first-order valence-corrected chi connectivity index (χ1v) is 6.41. The molecule has 18 heavy (non-hydrogen) atoms. The van der Waals surface area contributed by atoms with Crippen molar-refractivity contribution in [1.29, 1.82) is 0 Å². The number of halogens is 1. The van der Waals surface area contributed by atoms with Crippen LogP contribution in [-0.2, 0) is 9.53 Å². The topological polar surface area (TPSA) is 64.3 Å². The molecule has 1 aromatic carbocycles. The average Bonchev–Trinajstić information content (AvgIpc) is 3.14. The monoisotopic (exact) mass is 268 g/mol. The normalized spacial score (nSPS) is 16.3. The summed E-state index contributed by atoms with van der Waals surface area (Å²) in [5.41, 5.74) is 6.77. The van der Waals surface area contributed by atoms with Crippen molar-refractivity contribution in [3.8, 4) is 0 Å². The second-order valence-corrected chi connectivity index (χ2v) is 5.08. The average molecular weight is 269 g/mol. The van der Waals surface area contributed by atoms with E-state index >= 15 is 0 Å². The fraction of sp³-hybridized carbons (Fsp3) is 0.462. The number of anilines is 2. The molecule has 4 nitrogen and oxygen atoms in total. The Balaban J connectivity index is 1.90. The SMILES string of the molecule is CC(OCC1CC1)C(=O)Nc1cc(Cl)ccc1N. The first-order chi connectivity index (χ1) is 8.56. The van der Waals surface area contributed by atoms with Crippen LogP contribution in [0.15, 0.2) is 18.2 Å². The van der Waals surface area contributed by atoms with Crippen LogP contribution in [-0.4, -0.2) is 18.6 Å². The summed E-state index contributed by atoms with van der Waals surface area (Å²) in [4.78, 5) is 11.9. The molecule has 1 amide bonds. The van der Waals surface area contributed by atoms with E-state index in [-0.39, 0.29) is 5.91 Å². The molecule has 3 N–H and O–H groups in total. The van der Waals surface area contributed by atoms with Gasteiger partial charge in [0.25, 0.3) is 5.91 Å². The van der Waals surface area contributed by atoms with Crippen LogP contribution < -0.4 is 11.1 Å². The molecule has 1 saturated carbocycles. The number of benzene rings is 1. The van der Waals surface area contributed by atoms with E-state index in [1.807, 2.05) is 0 Å². The van der Waals surface area contributed by atoms with Gasteiger partial charge < -0.3 is 15.8 Å². The van der Waals surface area contributed by atoms with E-state index in [9.17, 15) is 4.79 Å². The summed E-state index contributed by atoms with van der Waals surface area (Å²) >= 11 is 5.85. The third-order valence-corrected chi connectivity index (χ3v) is 3.16. The lowest BCUT2D eigenvalue weighted by molar-refractivity contribution is -0.126. The highest BCUT2D eigenvalue weighted by Crippen LogP contribution is 2.29. The quantitative estimate of drug-likeness (QED) is 0.807. The number of nitrogens with one attached hydrogen (secondary N) is 1. The maximum Gasteiger partial charge on any atom is 0.253 e. The number of nitrogen functional groups attached to an aromatic ring is 1. The number of nitrogens with two attached hydrogens (primary N) is 1. The summed E-state index contributed by atoms with van der Waals surface area (Å²) in [5.74, 6) is 0.432. The van der Waals surface area contributed by atoms with Gasteiger partial charge in [-0.1, -0.05) is 11.6 Å². The zero-order valence-corrected chi connectivity index (χ0v) is 11.0. The van der Waals surface area contributed by atoms with Gasteiger partial charge in [-0.3, -0.25) is 4.79 Å². The summed E-state index contributed by atoms with van der Waals surface area (Å²) in [5, 5.41) is 3.25. The number of amides is 1. The molecule has 0 spiro atoms. The van der Waals surface area contributed by atoms with Crippen LogP contribution in [0.2, 0.25) is 5.02 Å². The minimum atomic E-state index is -0.482. The lowest BCUT2D eigenvalue weighted by atomic mass is 10.2. The molecular weight excluding hydrogens is 252 g/mol. The summed E-state index contributed by atoms with van der Waals surface area (Å²) in [7, 11) is 0. The molecular formula is C13H17ClN2O2. The second kappa shape index (κ2) is 5.59. The maximum atomic E-state index is 11.9. The van der Waals surface area contributed by atoms with Gasteiger partial charge >= 0.3 is 0 Å². The van der Waals surface area contributed by atoms with E-state index < -0.39 is 6.10 Å². The fourth-order valence-electron chi connectivity index (χ4n) is 1.51. The van der Waals surface area contributed by atoms with Crippen molar-refractivity contribution < 1.29 is 9.53 Å². The smallest absolute Gasteiger partial charge is 0.253 e. The molecule has 1 aliphatic carbocycles. The third kappa shape index (κ3) is 3.62. The number of hydrogen-bond acceptors (Lipinski definition) is 3. The van der Waals surface area contributed by atoms with Gasteiger partial charge in [0.1, 0.15) is 6.10 Å². The Labute approximate surface area is 111 Å². The second-order valence-electron chi connectivity index (χ2n) is 4.64. The predicted octanol–water partition coefficient (Wildman–Crippen LogP) is 2.68. The first-order valence-electron chi connectivity index (χ1n) is 6.03. The van der Waals surface area contributed by atoms with Gasteiger partial charge in [0.05, 0.1) is 18.0 Å². The molecule has 1 aliphatic rings. The van der Waals surface area contributed by atoms with Crippen molar-refractivity contribution >= 4 is 28.9 Å². The van der Waals surface area contributed by atoms with E-state index in [1.165, 1.54) is 12.8 Å². The molecule has 0 aliphatic heterocycles. The third-order valence-electron chi connectivity index (χ3n) is 2.92. The Bertz CT molecular complexity index is 447. The molecule has 0 heterocycles. The van der Waals surface area contributed by atoms with Crippen LogP contribution in [0.3, 0.4) is 0 Å². The number of rotatable bonds is 5. The summed E-state index contributed by atoms with van der Waals surface area (Å²) in [6, 6.07) is 4.97. The first kappa shape index (κ1) is 13.2. The fourth-order valence-corrected chi connectivity index (χ4v) is 1.68. The molecule has 1 aromatic rings. The molecule has 0 saturated heterocycles. The van der Waals surface area contributed by atoms with Crippen molar-refractivity contribution in [2.75, 3.05) is 17.7 Å². The predicted molar refractivity (Wildman–Crippen MR) is 72.6 cm³/mol. The Kier molecular flexibility index (Phi) is 4.09. The van der Waals surface area contributed by atoms with Gasteiger partial charge in [0, 0.05) is 5.02 Å². The zero-order chi connectivity index (χ0) is 13.1. The van der Waals surface area contributed by atoms with Crippen LogP contribution in [0.4, 0.5) is 11.4 Å². The Morgan fingerprint density at radius 2 is 2.33 bits per heavy atom. The van der Waals surface area contributed by atoms with Crippen molar-refractivity contribution in [3.63, 3.8) is 0 Å². The molecule has 2 rings (SSSR count). The lowest BCUT2D eigenvalue weighted by Crippen LogP contribution is -2.28. The number of ether oxygens (including phenoxy) is 1. The number of carbonyl (C=O) groups excluding carboxylic acids is 1. The summed E-state index contributed by atoms with van der Waals surface area (Å²) in [6.07, 6.45) is 1.93. The van der Waals surface area contributed by atoms with Gasteiger partial charge in [0.15, 0.2) is 0 Å². The standard InChI is InChI=1S/C13H17ClN2O2/c1-8(18-7-9-2-3-9)13(17)16-12-6-10(14)4-5-11(12)15/h4-6,8-9H,2-3,7,15H2,1H3,(H,16,17). The minimum absolute atomic E-state index is 0.204. The molecule has 98 valence electrons. The summed E-state index contributed by atoms with van der Waals surface area (Å²) < 4.78 is 5.48. The molecule has 1 fully saturated rings. The molecule has 1 atom stereocenters. The van der Waals surface area contributed by atoms with Gasteiger partial charge in [-0.2, -0.15) is 0 Å². The number of carbonyl (C=O) groups is 1. The highest BCUT2D eigenvalue weighted by Gasteiger charge is 2.24. The van der Waals surface area contributed by atoms with E-state index in [0.717, 1.165) is 0 Å². The van der Waals surface area contributed by atoms with Gasteiger partial charge in [-0.15, -0.1) is 0 Å². The number of hydrogen-bond donors (Lipinski definition) is 2. The van der Waals surface area contributed by atoms with Crippen molar-refractivity contribution in [1.82, 2.24) is 0 Å². The van der Waals surface area contributed by atoms with Crippen LogP contribution in [0.5, 0.6) is 0 Å². The Morgan fingerprint density at radius 3 is 3.00 bits per heavy atom. The van der Waals surface area contributed by atoms with Crippen LogP contribution in [0.25, 0.3) is 0 Å². The van der Waals surface area contributed by atoms with Crippen molar-refractivity contribution in [2.24, 2.45) is 5.92 Å². The zero-order valence-electron chi connectivity index (χ0n) is 10.3. The molecule has 0 bridgehead atoms. The van der Waals surface area contributed by atoms with E-state index in [2.05, 4.69) is 5.32 Å². The molecule has 0 radical (unpaired) electrons. The van der Waals surface area contributed by atoms with E-state index in [0.29, 0.717) is 28.9 Å². The Hall–Kier alpha value is -1.26. The van der Waals surface area contributed by atoms with Crippen LogP contribution in [0, 0.1) is 5.92 Å². The summed E-state index contributed by atoms with van der Waals surface area (Å²) in [6.45, 7) is 2.39. The van der Waals surface area contributed by atoms with Crippen molar-refractivity contribution in [3.05, 3.63) is 23.2 Å². The van der Waals surface area contributed by atoms with E-state index in [4.69, 9.17) is 22.1 Å². The highest BCUT2D eigenvalue weighted by atomic mass is 35.5. The minimum Gasteiger partial charge on any atom is -0.397 e. The van der Waals surface area contributed by atoms with Gasteiger partial charge in [-0.05, 0) is 43.9 Å². The van der Waals surface area contributed by atoms with Gasteiger partial charge in [-0.25, -0.2) is 0 Å². The highest BCUT2D eigenvalue weighted by molar-refractivity contribution is 6.31. The molecule has 0 aromatic heterocycles. The van der Waals surface area contributed by atoms with Crippen LogP contribution >= 0.6 is 11.6 Å². The maximum absolute atomic E-state index is 11.9. The van der Waals surface area contributed by atoms with E-state index in [1.54, 1.807) is 25.1 Å². The molecule has 5 heteroatoms. The van der Waals surface area contributed by atoms with Crippen molar-refractivity contribution in [2.45, 2.75) is 25.9 Å².